The number of carbonyl (C=O) groups is 2. The van der Waals surface area contributed by atoms with E-state index in [9.17, 15) is 19.7 Å². The highest BCUT2D eigenvalue weighted by Gasteiger charge is 2.34. The van der Waals surface area contributed by atoms with Gasteiger partial charge in [-0.05, 0) is 38.7 Å². The standard InChI is InChI=1S/C17H22N4O4/c1-10(16(22)20-14-8-12-5-6-13(9-14)19-12)18-17(23)11-3-2-4-15(7-11)21(24)25/h2-4,7,10,12-14,19H,5-6,8-9H2,1H3,(H,18,23)(H,20,22). The van der Waals surface area contributed by atoms with E-state index in [1.807, 2.05) is 0 Å². The maximum atomic E-state index is 12.3. The number of carbonyl (C=O) groups excluding carboxylic acids is 2. The predicted octanol–water partition coefficient (Wildman–Crippen LogP) is 1.11. The summed E-state index contributed by atoms with van der Waals surface area (Å²) in [5.41, 5.74) is 0.00342. The van der Waals surface area contributed by atoms with Crippen molar-refractivity contribution in [2.24, 2.45) is 0 Å². The van der Waals surface area contributed by atoms with Crippen LogP contribution in [0, 0.1) is 10.1 Å². The molecule has 8 heteroatoms. The number of amides is 2. The second kappa shape index (κ2) is 7.18. The van der Waals surface area contributed by atoms with Gasteiger partial charge < -0.3 is 16.0 Å². The van der Waals surface area contributed by atoms with Gasteiger partial charge in [0, 0.05) is 35.8 Å². The van der Waals surface area contributed by atoms with Crippen LogP contribution >= 0.6 is 0 Å². The molecular weight excluding hydrogens is 324 g/mol. The molecule has 2 saturated heterocycles. The van der Waals surface area contributed by atoms with Crippen LogP contribution in [0.4, 0.5) is 5.69 Å². The van der Waals surface area contributed by atoms with Crippen molar-refractivity contribution in [3.63, 3.8) is 0 Å². The van der Waals surface area contributed by atoms with Gasteiger partial charge in [-0.15, -0.1) is 0 Å². The van der Waals surface area contributed by atoms with Crippen LogP contribution in [-0.4, -0.2) is 40.9 Å². The Morgan fingerprint density at radius 3 is 2.60 bits per heavy atom. The van der Waals surface area contributed by atoms with Gasteiger partial charge in [-0.3, -0.25) is 19.7 Å². The quantitative estimate of drug-likeness (QED) is 0.546. The lowest BCUT2D eigenvalue weighted by Gasteiger charge is -2.30. The third-order valence-corrected chi connectivity index (χ3v) is 4.88. The molecule has 2 amide bonds. The highest BCUT2D eigenvalue weighted by molar-refractivity contribution is 5.97. The molecule has 0 spiro atoms. The molecule has 25 heavy (non-hydrogen) atoms. The Morgan fingerprint density at radius 2 is 1.96 bits per heavy atom. The number of fused-ring (bicyclic) bond motifs is 2. The van der Waals surface area contributed by atoms with E-state index in [1.165, 1.54) is 24.3 Å². The summed E-state index contributed by atoms with van der Waals surface area (Å²) in [6, 6.07) is 5.81. The summed E-state index contributed by atoms with van der Waals surface area (Å²) in [5.74, 6) is -0.734. The first-order chi connectivity index (χ1) is 11.9. The number of nitro benzene ring substituents is 1. The first-order valence-corrected chi connectivity index (χ1v) is 8.54. The fourth-order valence-corrected chi connectivity index (χ4v) is 3.61. The van der Waals surface area contributed by atoms with Gasteiger partial charge >= 0.3 is 0 Å². The predicted molar refractivity (Wildman–Crippen MR) is 91.1 cm³/mol. The lowest BCUT2D eigenvalue weighted by molar-refractivity contribution is -0.384. The molecule has 1 aromatic rings. The maximum absolute atomic E-state index is 12.3. The number of non-ortho nitro benzene ring substituents is 1. The van der Waals surface area contributed by atoms with Gasteiger partial charge in [0.05, 0.1) is 4.92 Å². The number of rotatable bonds is 5. The topological polar surface area (TPSA) is 113 Å². The second-order valence-corrected chi connectivity index (χ2v) is 6.82. The average molecular weight is 346 g/mol. The Labute approximate surface area is 145 Å². The number of nitro groups is 1. The molecule has 0 aromatic heterocycles. The number of hydrogen-bond acceptors (Lipinski definition) is 5. The smallest absolute Gasteiger partial charge is 0.270 e. The van der Waals surface area contributed by atoms with Crippen LogP contribution in [0.2, 0.25) is 0 Å². The number of benzene rings is 1. The van der Waals surface area contributed by atoms with Crippen molar-refractivity contribution in [3.8, 4) is 0 Å². The Morgan fingerprint density at radius 1 is 1.28 bits per heavy atom. The molecule has 0 saturated carbocycles. The molecular formula is C17H22N4O4. The van der Waals surface area contributed by atoms with Gasteiger partial charge in [0.25, 0.3) is 11.6 Å². The minimum absolute atomic E-state index is 0.128. The van der Waals surface area contributed by atoms with Crippen LogP contribution in [0.5, 0.6) is 0 Å². The lowest BCUT2D eigenvalue weighted by atomic mass is 9.99. The first kappa shape index (κ1) is 17.3. The Hall–Kier alpha value is -2.48. The zero-order chi connectivity index (χ0) is 18.0. The van der Waals surface area contributed by atoms with E-state index in [0.29, 0.717) is 12.1 Å². The van der Waals surface area contributed by atoms with E-state index in [4.69, 9.17) is 0 Å². The van der Waals surface area contributed by atoms with Crippen LogP contribution in [0.15, 0.2) is 24.3 Å². The van der Waals surface area contributed by atoms with Crippen molar-refractivity contribution in [2.75, 3.05) is 0 Å². The van der Waals surface area contributed by atoms with Crippen LogP contribution < -0.4 is 16.0 Å². The average Bonchev–Trinajstić information content (AvgIpc) is 2.93. The molecule has 2 aliphatic heterocycles. The van der Waals surface area contributed by atoms with Gasteiger partial charge in [0.2, 0.25) is 5.91 Å². The van der Waals surface area contributed by atoms with Gasteiger partial charge in [-0.1, -0.05) is 6.07 Å². The fourth-order valence-electron chi connectivity index (χ4n) is 3.61. The van der Waals surface area contributed by atoms with E-state index in [0.717, 1.165) is 25.7 Å². The highest BCUT2D eigenvalue weighted by Crippen LogP contribution is 2.26. The van der Waals surface area contributed by atoms with Crippen molar-refractivity contribution >= 4 is 17.5 Å². The van der Waals surface area contributed by atoms with E-state index >= 15 is 0 Å². The third kappa shape index (κ3) is 4.14. The van der Waals surface area contributed by atoms with Crippen LogP contribution in [0.1, 0.15) is 43.0 Å². The molecule has 3 atom stereocenters. The molecule has 3 rings (SSSR count). The summed E-state index contributed by atoms with van der Waals surface area (Å²) < 4.78 is 0. The SMILES string of the molecule is CC(NC(=O)c1cccc([N+](=O)[O-])c1)C(=O)NC1CC2CCC(C1)N2. The highest BCUT2D eigenvalue weighted by atomic mass is 16.6. The van der Waals surface area contributed by atoms with Crippen LogP contribution in [-0.2, 0) is 4.79 Å². The van der Waals surface area contributed by atoms with Crippen molar-refractivity contribution in [1.82, 2.24) is 16.0 Å². The molecule has 134 valence electrons. The Bertz CT molecular complexity index is 681. The molecule has 2 fully saturated rings. The summed E-state index contributed by atoms with van der Waals surface area (Å²) in [6.45, 7) is 1.61. The summed E-state index contributed by atoms with van der Waals surface area (Å²) in [5, 5.41) is 19.9. The summed E-state index contributed by atoms with van der Waals surface area (Å²) in [7, 11) is 0. The van der Waals surface area contributed by atoms with E-state index in [1.54, 1.807) is 6.92 Å². The molecule has 2 heterocycles. The summed E-state index contributed by atoms with van der Waals surface area (Å²) >= 11 is 0. The molecule has 1 aromatic carbocycles. The normalized spacial score (nSPS) is 25.9. The van der Waals surface area contributed by atoms with E-state index in [2.05, 4.69) is 16.0 Å². The molecule has 2 aliphatic rings. The molecule has 8 nitrogen and oxygen atoms in total. The largest absolute Gasteiger partial charge is 0.351 e. The van der Waals surface area contributed by atoms with E-state index < -0.39 is 16.9 Å². The maximum Gasteiger partial charge on any atom is 0.270 e. The Kier molecular flexibility index (Phi) is 4.98. The molecule has 3 unspecified atom stereocenters. The third-order valence-electron chi connectivity index (χ3n) is 4.88. The minimum Gasteiger partial charge on any atom is -0.351 e. The van der Waals surface area contributed by atoms with Crippen LogP contribution in [0.3, 0.4) is 0 Å². The number of nitrogens with zero attached hydrogens (tertiary/aromatic N) is 1. The fraction of sp³-hybridized carbons (Fsp3) is 0.529. The summed E-state index contributed by atoms with van der Waals surface area (Å²) in [6.07, 6.45) is 4.12. The van der Waals surface area contributed by atoms with Crippen molar-refractivity contribution in [3.05, 3.63) is 39.9 Å². The summed E-state index contributed by atoms with van der Waals surface area (Å²) in [4.78, 5) is 34.8. The molecule has 3 N–H and O–H groups in total. The number of hydrogen-bond donors (Lipinski definition) is 3. The van der Waals surface area contributed by atoms with Gasteiger partial charge in [-0.2, -0.15) is 0 Å². The van der Waals surface area contributed by atoms with E-state index in [-0.39, 0.29) is 23.2 Å². The second-order valence-electron chi connectivity index (χ2n) is 6.82. The molecule has 2 bridgehead atoms. The lowest BCUT2D eigenvalue weighted by Crippen LogP contribution is -2.52. The number of nitrogens with one attached hydrogen (secondary N) is 3. The first-order valence-electron chi connectivity index (χ1n) is 8.54. The van der Waals surface area contributed by atoms with Crippen molar-refractivity contribution < 1.29 is 14.5 Å². The zero-order valence-electron chi connectivity index (χ0n) is 14.0. The Balaban J connectivity index is 1.55. The van der Waals surface area contributed by atoms with Gasteiger partial charge in [0.1, 0.15) is 6.04 Å². The molecule has 0 radical (unpaired) electrons. The zero-order valence-corrected chi connectivity index (χ0v) is 14.0. The van der Waals surface area contributed by atoms with Crippen LogP contribution in [0.25, 0.3) is 0 Å². The molecule has 0 aliphatic carbocycles. The minimum atomic E-state index is -0.709. The van der Waals surface area contributed by atoms with Crippen molar-refractivity contribution in [2.45, 2.75) is 56.8 Å². The van der Waals surface area contributed by atoms with Gasteiger partial charge in [-0.25, -0.2) is 0 Å². The monoisotopic (exact) mass is 346 g/mol. The number of piperidine rings is 1. The van der Waals surface area contributed by atoms with Gasteiger partial charge in [0.15, 0.2) is 0 Å². The van der Waals surface area contributed by atoms with Crippen molar-refractivity contribution in [1.29, 1.82) is 0 Å².